The minimum absolute atomic E-state index is 0.0402. The Morgan fingerprint density at radius 2 is 1.63 bits per heavy atom. The number of rotatable bonds is 11. The van der Waals surface area contributed by atoms with E-state index in [4.69, 9.17) is 0 Å². The van der Waals surface area contributed by atoms with Crippen LogP contribution in [0.1, 0.15) is 84.0 Å². The van der Waals surface area contributed by atoms with E-state index in [2.05, 4.69) is 16.8 Å². The molecule has 0 saturated heterocycles. The van der Waals surface area contributed by atoms with Gasteiger partial charge >= 0.3 is 5.69 Å². The average Bonchev–Trinajstić information content (AvgIpc) is 3.38. The van der Waals surface area contributed by atoms with Gasteiger partial charge in [0.2, 0.25) is 0 Å². The molecule has 2 aliphatic carbocycles. The van der Waals surface area contributed by atoms with Crippen molar-refractivity contribution in [2.24, 2.45) is 25.9 Å². The molecule has 0 amide bonds. The Morgan fingerprint density at radius 1 is 1.00 bits per heavy atom. The van der Waals surface area contributed by atoms with Crippen molar-refractivity contribution in [3.63, 3.8) is 0 Å². The number of nitrogens with zero attached hydrogens (tertiary/aromatic N) is 5. The quantitative estimate of drug-likeness (QED) is 0.415. The number of carbonyl (C=O) groups is 2. The molecule has 2 aromatic heterocycles. The number of hydrogen-bond acceptors (Lipinski definition) is 6. The molecule has 4 rings (SSSR count). The molecule has 38 heavy (non-hydrogen) atoms. The van der Waals surface area contributed by atoms with E-state index in [0.29, 0.717) is 42.9 Å². The smallest absolute Gasteiger partial charge is 0.332 e. The molecule has 1 atom stereocenters. The molecule has 1 unspecified atom stereocenters. The Kier molecular flexibility index (Phi) is 9.39. The van der Waals surface area contributed by atoms with Crippen LogP contribution in [-0.4, -0.2) is 47.7 Å². The first-order chi connectivity index (χ1) is 18.3. The van der Waals surface area contributed by atoms with Crippen LogP contribution in [0.3, 0.4) is 0 Å². The molecule has 2 fully saturated rings. The Hall–Kier alpha value is -2.97. The lowest BCUT2D eigenvalue weighted by molar-refractivity contribution is -0.124. The van der Waals surface area contributed by atoms with Gasteiger partial charge in [0, 0.05) is 57.7 Å². The number of fused-ring (bicyclic) bond motifs is 1. The van der Waals surface area contributed by atoms with E-state index in [1.165, 1.54) is 24.5 Å². The normalized spacial score (nSPS) is 18.3. The highest BCUT2D eigenvalue weighted by molar-refractivity contribution is 5.91. The molecule has 2 saturated carbocycles. The lowest BCUT2D eigenvalue weighted by Gasteiger charge is -2.29. The maximum absolute atomic E-state index is 12.9. The van der Waals surface area contributed by atoms with Crippen molar-refractivity contribution in [2.75, 3.05) is 6.54 Å². The van der Waals surface area contributed by atoms with E-state index in [9.17, 15) is 19.2 Å². The summed E-state index contributed by atoms with van der Waals surface area (Å²) in [6.07, 6.45) is 17.2. The summed E-state index contributed by atoms with van der Waals surface area (Å²) >= 11 is 0. The topological polar surface area (TPSA) is 99.2 Å². The minimum Gasteiger partial charge on any atom is -0.374 e. The highest BCUT2D eigenvalue weighted by Gasteiger charge is 2.23. The highest BCUT2D eigenvalue weighted by atomic mass is 16.2. The van der Waals surface area contributed by atoms with Gasteiger partial charge in [-0.25, -0.2) is 9.78 Å². The molecule has 208 valence electrons. The average molecular weight is 526 g/mol. The molecule has 0 aromatic carbocycles. The second-order valence-corrected chi connectivity index (χ2v) is 11.3. The summed E-state index contributed by atoms with van der Waals surface area (Å²) in [4.78, 5) is 57.3. The highest BCUT2D eigenvalue weighted by Crippen LogP contribution is 2.26. The van der Waals surface area contributed by atoms with Crippen LogP contribution in [0.4, 0.5) is 0 Å². The number of allylic oxidation sites excluding steroid dienone is 1. The predicted molar refractivity (Wildman–Crippen MR) is 148 cm³/mol. The van der Waals surface area contributed by atoms with Crippen LogP contribution in [0, 0.1) is 11.8 Å². The molecule has 0 bridgehead atoms. The molecule has 0 radical (unpaired) electrons. The summed E-state index contributed by atoms with van der Waals surface area (Å²) < 4.78 is 4.29. The van der Waals surface area contributed by atoms with Crippen molar-refractivity contribution in [3.05, 3.63) is 39.4 Å². The van der Waals surface area contributed by atoms with E-state index in [-0.39, 0.29) is 29.2 Å². The predicted octanol–water partition coefficient (Wildman–Crippen LogP) is 3.72. The third-order valence-electron chi connectivity index (χ3n) is 8.69. The van der Waals surface area contributed by atoms with Crippen molar-refractivity contribution in [1.82, 2.24) is 23.6 Å². The number of ketones is 2. The number of carbonyl (C=O) groups excluding carboxylic acids is 2. The summed E-state index contributed by atoms with van der Waals surface area (Å²) in [5, 5.41) is 0. The van der Waals surface area contributed by atoms with Gasteiger partial charge in [0.15, 0.2) is 16.9 Å². The summed E-state index contributed by atoms with van der Waals surface area (Å²) in [6.45, 7) is 3.20. The summed E-state index contributed by atoms with van der Waals surface area (Å²) in [5.74, 6) is 0.805. The molecule has 9 nitrogen and oxygen atoms in total. The zero-order chi connectivity index (χ0) is 27.2. The van der Waals surface area contributed by atoms with Crippen LogP contribution in [-0.2, 0) is 30.2 Å². The van der Waals surface area contributed by atoms with Gasteiger partial charge in [0.25, 0.3) is 5.56 Å². The molecule has 2 aliphatic rings. The van der Waals surface area contributed by atoms with Gasteiger partial charge in [-0.3, -0.25) is 23.5 Å². The number of aryl methyl sites for hydroxylation is 2. The maximum atomic E-state index is 12.9. The van der Waals surface area contributed by atoms with Gasteiger partial charge in [-0.05, 0) is 45.1 Å². The second kappa shape index (κ2) is 12.7. The van der Waals surface area contributed by atoms with Crippen molar-refractivity contribution in [1.29, 1.82) is 0 Å². The van der Waals surface area contributed by atoms with Crippen LogP contribution in [0.5, 0.6) is 0 Å². The molecule has 9 heteroatoms. The van der Waals surface area contributed by atoms with Crippen LogP contribution >= 0.6 is 0 Å². The first kappa shape index (κ1) is 28.0. The van der Waals surface area contributed by atoms with Crippen molar-refractivity contribution in [2.45, 2.75) is 96.6 Å². The van der Waals surface area contributed by atoms with Gasteiger partial charge in [-0.2, -0.15) is 0 Å². The largest absolute Gasteiger partial charge is 0.374 e. The minimum atomic E-state index is -0.400. The van der Waals surface area contributed by atoms with Crippen LogP contribution in [0.15, 0.2) is 28.2 Å². The zero-order valence-electron chi connectivity index (χ0n) is 23.2. The SMILES string of the molecule is CC(CCn1cnc2c1c(=O)n(C)c(=O)n2C)N(/C=C/C(=O)C1CCCCC1)CCC(=O)C1CCCCC1. The van der Waals surface area contributed by atoms with E-state index in [0.717, 1.165) is 55.9 Å². The second-order valence-electron chi connectivity index (χ2n) is 11.3. The number of aromatic nitrogens is 4. The Bertz CT molecular complexity index is 1270. The molecular weight excluding hydrogens is 482 g/mol. The van der Waals surface area contributed by atoms with Crippen molar-refractivity contribution < 1.29 is 9.59 Å². The van der Waals surface area contributed by atoms with Gasteiger partial charge < -0.3 is 9.47 Å². The van der Waals surface area contributed by atoms with Crippen LogP contribution in [0.25, 0.3) is 11.2 Å². The van der Waals surface area contributed by atoms with Gasteiger partial charge in [0.05, 0.1) is 6.33 Å². The lowest BCUT2D eigenvalue weighted by atomic mass is 9.85. The van der Waals surface area contributed by atoms with Gasteiger partial charge in [0.1, 0.15) is 5.78 Å². The molecule has 2 heterocycles. The van der Waals surface area contributed by atoms with Crippen LogP contribution < -0.4 is 11.2 Å². The van der Waals surface area contributed by atoms with Crippen molar-refractivity contribution in [3.8, 4) is 0 Å². The third-order valence-corrected chi connectivity index (χ3v) is 8.69. The third kappa shape index (κ3) is 6.35. The molecular formula is C29H43N5O4. The van der Waals surface area contributed by atoms with Crippen molar-refractivity contribution >= 4 is 22.7 Å². The summed E-state index contributed by atoms with van der Waals surface area (Å²) in [6, 6.07) is 0.0402. The molecule has 2 aromatic rings. The molecule has 0 N–H and O–H groups in total. The van der Waals surface area contributed by atoms with E-state index in [1.54, 1.807) is 24.0 Å². The van der Waals surface area contributed by atoms with E-state index >= 15 is 0 Å². The fourth-order valence-corrected chi connectivity index (χ4v) is 6.06. The Balaban J connectivity index is 1.47. The monoisotopic (exact) mass is 525 g/mol. The van der Waals surface area contributed by atoms with Gasteiger partial charge in [-0.1, -0.05) is 38.5 Å². The Labute approximate surface area is 224 Å². The number of imidazole rings is 1. The standard InChI is InChI=1S/C29H43N5O4/c1-21(14-17-34-20-30-27-26(34)28(37)32(3)29(38)31(27)2)33(18-15-24(35)22-10-6-4-7-11-22)19-16-25(36)23-12-8-5-9-13-23/h15,18,20-23H,4-14,16-17,19H2,1-3H3/b18-15+. The Morgan fingerprint density at radius 3 is 2.29 bits per heavy atom. The number of Topliss-reactive ketones (excluding diaryl/α,β-unsaturated/α-hetero) is 1. The van der Waals surface area contributed by atoms with Gasteiger partial charge in [-0.15, -0.1) is 0 Å². The fraction of sp³-hybridized carbons (Fsp3) is 0.690. The zero-order valence-corrected chi connectivity index (χ0v) is 23.2. The first-order valence-electron chi connectivity index (χ1n) is 14.4. The molecule has 0 aliphatic heterocycles. The summed E-state index contributed by atoms with van der Waals surface area (Å²) in [5.41, 5.74) is 0.0198. The van der Waals surface area contributed by atoms with Crippen LogP contribution in [0.2, 0.25) is 0 Å². The summed E-state index contributed by atoms with van der Waals surface area (Å²) in [7, 11) is 3.09. The number of hydrogen-bond donors (Lipinski definition) is 0. The first-order valence-corrected chi connectivity index (χ1v) is 14.4. The van der Waals surface area contributed by atoms with E-state index in [1.807, 2.05) is 6.20 Å². The maximum Gasteiger partial charge on any atom is 0.332 e. The lowest BCUT2D eigenvalue weighted by Crippen LogP contribution is -2.37. The fourth-order valence-electron chi connectivity index (χ4n) is 6.06. The van der Waals surface area contributed by atoms with E-state index < -0.39 is 5.69 Å². The molecule has 0 spiro atoms.